The summed E-state index contributed by atoms with van der Waals surface area (Å²) < 4.78 is 5.39. The van der Waals surface area contributed by atoms with Gasteiger partial charge in [-0.2, -0.15) is 0 Å². The number of likely N-dealkylation sites (tertiary alicyclic amines) is 1. The van der Waals surface area contributed by atoms with Gasteiger partial charge in [0.25, 0.3) is 0 Å². The zero-order chi connectivity index (χ0) is 20.1. The van der Waals surface area contributed by atoms with E-state index in [0.29, 0.717) is 12.2 Å². The zero-order valence-corrected chi connectivity index (χ0v) is 15.7. The van der Waals surface area contributed by atoms with Gasteiger partial charge in [0.2, 0.25) is 5.91 Å². The van der Waals surface area contributed by atoms with Crippen molar-refractivity contribution < 1.29 is 14.3 Å². The molecule has 1 aliphatic heterocycles. The van der Waals surface area contributed by atoms with Gasteiger partial charge >= 0.3 is 6.09 Å². The predicted octanol–water partition coefficient (Wildman–Crippen LogP) is 4.36. The van der Waals surface area contributed by atoms with Crippen molar-refractivity contribution in [1.29, 1.82) is 0 Å². The second-order valence-corrected chi connectivity index (χ2v) is 6.82. The lowest BCUT2D eigenvalue weighted by Crippen LogP contribution is -2.63. The van der Waals surface area contributed by atoms with Crippen LogP contribution in [0.2, 0.25) is 0 Å². The van der Waals surface area contributed by atoms with E-state index < -0.39 is 6.09 Å². The van der Waals surface area contributed by atoms with Crippen LogP contribution in [0.1, 0.15) is 11.1 Å². The molecule has 144 valence electrons. The minimum atomic E-state index is -0.661. The molecule has 0 radical (unpaired) electrons. The SMILES string of the molecule is O=C(Oc1ccccc1)N1C(=O)[C@@H](Cc2ccccc2)[C@H]1C=Cc1cccnc1. The van der Waals surface area contributed by atoms with E-state index in [4.69, 9.17) is 4.74 Å². The number of amides is 2. The minimum Gasteiger partial charge on any atom is -0.410 e. The highest BCUT2D eigenvalue weighted by Crippen LogP contribution is 2.32. The Balaban J connectivity index is 1.55. The Morgan fingerprint density at radius 1 is 1.00 bits per heavy atom. The lowest BCUT2D eigenvalue weighted by atomic mass is 9.82. The number of rotatable bonds is 5. The molecule has 1 aromatic heterocycles. The summed E-state index contributed by atoms with van der Waals surface area (Å²) in [6.07, 6.45) is 7.09. The quantitative estimate of drug-likeness (QED) is 0.613. The third kappa shape index (κ3) is 4.24. The molecular formula is C24H20N2O3. The maximum atomic E-state index is 12.8. The van der Waals surface area contributed by atoms with Gasteiger partial charge in [0.1, 0.15) is 5.75 Å². The van der Waals surface area contributed by atoms with Crippen LogP contribution in [0.4, 0.5) is 4.79 Å². The van der Waals surface area contributed by atoms with E-state index >= 15 is 0 Å². The molecule has 3 aromatic rings. The van der Waals surface area contributed by atoms with Crippen molar-refractivity contribution in [3.05, 3.63) is 102 Å². The number of nitrogens with zero attached hydrogens (tertiary/aromatic N) is 2. The van der Waals surface area contributed by atoms with Crippen LogP contribution in [0, 0.1) is 5.92 Å². The molecule has 1 fully saturated rings. The van der Waals surface area contributed by atoms with Gasteiger partial charge in [-0.1, -0.05) is 66.7 Å². The van der Waals surface area contributed by atoms with Crippen molar-refractivity contribution in [3.8, 4) is 5.75 Å². The van der Waals surface area contributed by atoms with Crippen LogP contribution >= 0.6 is 0 Å². The van der Waals surface area contributed by atoms with E-state index in [1.807, 2.05) is 60.7 Å². The summed E-state index contributed by atoms with van der Waals surface area (Å²) in [5.41, 5.74) is 1.96. The Morgan fingerprint density at radius 2 is 1.72 bits per heavy atom. The standard InChI is InChI=1S/C24H20N2O3/c27-23-21(16-18-8-3-1-4-9-18)22(14-13-19-10-7-15-25-17-19)26(23)24(28)29-20-11-5-2-6-12-20/h1-15,17,21-22H,16H2/t21-,22+/m0/s1. The van der Waals surface area contributed by atoms with Gasteiger partial charge < -0.3 is 4.74 Å². The molecule has 0 bridgehead atoms. The fourth-order valence-corrected chi connectivity index (χ4v) is 3.40. The molecule has 2 heterocycles. The number of carbonyl (C=O) groups excluding carboxylic acids is 2. The summed E-state index contributed by atoms with van der Waals surface area (Å²) >= 11 is 0. The highest BCUT2D eigenvalue weighted by atomic mass is 16.6. The van der Waals surface area contributed by atoms with Gasteiger partial charge in [-0.15, -0.1) is 0 Å². The Labute approximate surface area is 169 Å². The number of imide groups is 1. The van der Waals surface area contributed by atoms with Gasteiger partial charge in [0.15, 0.2) is 0 Å². The van der Waals surface area contributed by atoms with E-state index in [9.17, 15) is 9.59 Å². The topological polar surface area (TPSA) is 59.5 Å². The first-order valence-corrected chi connectivity index (χ1v) is 9.44. The molecule has 4 rings (SSSR count). The van der Waals surface area contributed by atoms with Crippen LogP contribution in [-0.4, -0.2) is 27.9 Å². The molecule has 2 aromatic carbocycles. The fraction of sp³-hybridized carbons (Fsp3) is 0.125. The zero-order valence-electron chi connectivity index (χ0n) is 15.7. The molecule has 2 atom stereocenters. The molecule has 0 saturated carbocycles. The number of hydrogen-bond donors (Lipinski definition) is 0. The van der Waals surface area contributed by atoms with Crippen molar-refractivity contribution in [3.63, 3.8) is 0 Å². The van der Waals surface area contributed by atoms with E-state index in [0.717, 1.165) is 11.1 Å². The molecule has 0 aliphatic carbocycles. The lowest BCUT2D eigenvalue weighted by Gasteiger charge is -2.43. The first-order valence-electron chi connectivity index (χ1n) is 9.44. The smallest absolute Gasteiger partial charge is 0.410 e. The summed E-state index contributed by atoms with van der Waals surface area (Å²) in [5, 5.41) is 0. The van der Waals surface area contributed by atoms with Crippen LogP contribution in [0.3, 0.4) is 0 Å². The molecular weight excluding hydrogens is 364 g/mol. The number of pyridine rings is 1. The second kappa shape index (κ2) is 8.52. The number of β-lactam (4-membered cyclic amide) rings is 1. The number of aromatic nitrogens is 1. The third-order valence-electron chi connectivity index (χ3n) is 4.88. The third-order valence-corrected chi connectivity index (χ3v) is 4.88. The summed E-state index contributed by atoms with van der Waals surface area (Å²) in [5.74, 6) is -0.129. The normalized spacial score (nSPS) is 18.5. The monoisotopic (exact) mass is 384 g/mol. The van der Waals surface area contributed by atoms with E-state index in [2.05, 4.69) is 4.98 Å². The summed E-state index contributed by atoms with van der Waals surface area (Å²) in [6.45, 7) is 0. The van der Waals surface area contributed by atoms with Gasteiger partial charge in [-0.25, -0.2) is 9.69 Å². The summed E-state index contributed by atoms with van der Waals surface area (Å²) in [6, 6.07) is 21.9. The maximum Gasteiger partial charge on any atom is 0.422 e. The van der Waals surface area contributed by atoms with Gasteiger partial charge in [0, 0.05) is 12.4 Å². The second-order valence-electron chi connectivity index (χ2n) is 6.82. The fourth-order valence-electron chi connectivity index (χ4n) is 3.40. The van der Waals surface area contributed by atoms with Crippen LogP contribution in [0.5, 0.6) is 5.75 Å². The van der Waals surface area contributed by atoms with Crippen molar-refractivity contribution in [1.82, 2.24) is 9.88 Å². The molecule has 0 spiro atoms. The van der Waals surface area contributed by atoms with E-state index in [-0.39, 0.29) is 17.9 Å². The summed E-state index contributed by atoms with van der Waals surface area (Å²) in [7, 11) is 0. The minimum absolute atomic E-state index is 0.226. The number of benzene rings is 2. The average Bonchev–Trinajstić information content (AvgIpc) is 2.76. The van der Waals surface area contributed by atoms with Crippen LogP contribution in [0.15, 0.2) is 91.3 Å². The molecule has 0 N–H and O–H groups in total. The Morgan fingerprint density at radius 3 is 2.41 bits per heavy atom. The Kier molecular flexibility index (Phi) is 5.47. The highest BCUT2D eigenvalue weighted by Gasteiger charge is 2.50. The first-order chi connectivity index (χ1) is 14.2. The van der Waals surface area contributed by atoms with Crippen molar-refractivity contribution >= 4 is 18.1 Å². The molecule has 1 saturated heterocycles. The van der Waals surface area contributed by atoms with Crippen LogP contribution in [-0.2, 0) is 11.2 Å². The molecule has 5 heteroatoms. The average molecular weight is 384 g/mol. The molecule has 5 nitrogen and oxygen atoms in total. The molecule has 29 heavy (non-hydrogen) atoms. The number of hydrogen-bond acceptors (Lipinski definition) is 4. The van der Waals surface area contributed by atoms with E-state index in [1.54, 1.807) is 36.7 Å². The summed E-state index contributed by atoms with van der Waals surface area (Å²) in [4.78, 5) is 30.7. The number of para-hydroxylation sites is 1. The van der Waals surface area contributed by atoms with Crippen LogP contribution < -0.4 is 4.74 Å². The van der Waals surface area contributed by atoms with E-state index in [1.165, 1.54) is 4.90 Å². The van der Waals surface area contributed by atoms with Crippen LogP contribution in [0.25, 0.3) is 6.08 Å². The number of ether oxygens (including phenoxy) is 1. The largest absolute Gasteiger partial charge is 0.422 e. The number of carbonyl (C=O) groups is 2. The molecule has 1 aliphatic rings. The maximum absolute atomic E-state index is 12.8. The van der Waals surface area contributed by atoms with Crippen molar-refractivity contribution in [2.45, 2.75) is 12.5 Å². The van der Waals surface area contributed by atoms with Gasteiger partial charge in [0.05, 0.1) is 12.0 Å². The Hall–Kier alpha value is -3.73. The Bertz CT molecular complexity index is 1000. The first kappa shape index (κ1) is 18.6. The highest BCUT2D eigenvalue weighted by molar-refractivity contribution is 6.01. The van der Waals surface area contributed by atoms with Crippen molar-refractivity contribution in [2.24, 2.45) is 5.92 Å². The lowest BCUT2D eigenvalue weighted by molar-refractivity contribution is -0.148. The molecule has 0 unspecified atom stereocenters. The van der Waals surface area contributed by atoms with Gasteiger partial charge in [-0.3, -0.25) is 9.78 Å². The predicted molar refractivity (Wildman–Crippen MR) is 110 cm³/mol. The van der Waals surface area contributed by atoms with Gasteiger partial charge in [-0.05, 0) is 35.7 Å². The van der Waals surface area contributed by atoms with Crippen molar-refractivity contribution in [2.75, 3.05) is 0 Å². The molecule has 2 amide bonds.